The topological polar surface area (TPSA) is 109 Å². The van der Waals surface area contributed by atoms with Crippen LogP contribution in [-0.4, -0.2) is 96.2 Å². The van der Waals surface area contributed by atoms with Gasteiger partial charge in [-0.15, -0.1) is 0 Å². The second-order valence-electron chi connectivity index (χ2n) is 13.1. The van der Waals surface area contributed by atoms with Crippen molar-refractivity contribution in [2.45, 2.75) is 68.7 Å². The number of methoxy groups -OCH3 is 2. The van der Waals surface area contributed by atoms with Crippen molar-refractivity contribution in [3.05, 3.63) is 35.9 Å². The van der Waals surface area contributed by atoms with Gasteiger partial charge in [0, 0.05) is 67.7 Å². The molecule has 1 spiro atoms. The first-order valence-electron chi connectivity index (χ1n) is 14.4. The third-order valence-electron chi connectivity index (χ3n) is 12.1. The smallest absolute Gasteiger partial charge is 0.338 e. The summed E-state index contributed by atoms with van der Waals surface area (Å²) in [5.74, 6) is -1.58. The first-order valence-corrected chi connectivity index (χ1v) is 14.4. The van der Waals surface area contributed by atoms with E-state index in [4.69, 9.17) is 14.2 Å². The Morgan fingerprint density at radius 2 is 1.92 bits per heavy atom. The third-order valence-corrected chi connectivity index (χ3v) is 12.1. The number of aliphatic hydroxyl groups excluding tert-OH is 2. The molecule has 13 atom stereocenters. The van der Waals surface area contributed by atoms with Crippen molar-refractivity contribution >= 4 is 5.97 Å². The number of ether oxygens (including phenoxy) is 3. The molecule has 2 unspecified atom stereocenters. The Labute approximate surface area is 224 Å². The Kier molecular flexibility index (Phi) is 5.67. The lowest BCUT2D eigenvalue weighted by atomic mass is 9.43. The monoisotopic (exact) mass is 527 g/mol. The summed E-state index contributed by atoms with van der Waals surface area (Å²) in [5.41, 5.74) is -1.68. The summed E-state index contributed by atoms with van der Waals surface area (Å²) in [6.45, 7) is 4.23. The highest BCUT2D eigenvalue weighted by atomic mass is 16.6. The van der Waals surface area contributed by atoms with E-state index in [0.29, 0.717) is 31.4 Å². The van der Waals surface area contributed by atoms with Crippen LogP contribution in [0.3, 0.4) is 0 Å². The zero-order valence-electron chi connectivity index (χ0n) is 22.5. The summed E-state index contributed by atoms with van der Waals surface area (Å²) >= 11 is 0. The molecule has 1 saturated heterocycles. The van der Waals surface area contributed by atoms with Crippen molar-refractivity contribution in [2.24, 2.45) is 40.4 Å². The van der Waals surface area contributed by atoms with Gasteiger partial charge >= 0.3 is 5.97 Å². The molecule has 1 aromatic carbocycles. The Morgan fingerprint density at radius 3 is 2.61 bits per heavy atom. The van der Waals surface area contributed by atoms with Crippen LogP contribution in [0.15, 0.2) is 30.3 Å². The number of esters is 1. The van der Waals surface area contributed by atoms with Gasteiger partial charge in [0.15, 0.2) is 0 Å². The number of fused-ring (bicyclic) bond motifs is 2. The van der Waals surface area contributed by atoms with E-state index in [2.05, 4.69) is 11.8 Å². The second-order valence-corrected chi connectivity index (χ2v) is 13.1. The summed E-state index contributed by atoms with van der Waals surface area (Å²) in [4.78, 5) is 15.8. The standard InChI is InChI=1S/C30H41NO7/c1-4-31-14-28(15-36-2)11-10-20(32)30-18-12-17-19(37-3)13-29(35,22(26(30)31)23(33)25(28)30)21(18)24(17)38-27(34)16-8-6-5-7-9-16/h5-9,17-26,32-33,35H,4,10-15H2,1-3H3/t17-,18-,19+,20+,21-,22?,23?,24+,25-,26-,28+,29-,30+/m1/s1. The van der Waals surface area contributed by atoms with Gasteiger partial charge in [-0.3, -0.25) is 4.90 Å². The molecule has 7 bridgehead atoms. The van der Waals surface area contributed by atoms with Crippen LogP contribution < -0.4 is 0 Å². The molecule has 0 amide bonds. The highest BCUT2D eigenvalue weighted by molar-refractivity contribution is 5.89. The summed E-state index contributed by atoms with van der Waals surface area (Å²) < 4.78 is 18.1. The van der Waals surface area contributed by atoms with E-state index >= 15 is 0 Å². The summed E-state index contributed by atoms with van der Waals surface area (Å²) in [5, 5.41) is 37.1. The van der Waals surface area contributed by atoms with Crippen molar-refractivity contribution in [1.29, 1.82) is 0 Å². The minimum Gasteiger partial charge on any atom is -0.458 e. The Hall–Kier alpha value is -1.55. The fourth-order valence-corrected chi connectivity index (χ4v) is 11.3. The number of benzene rings is 1. The minimum atomic E-state index is -1.27. The van der Waals surface area contributed by atoms with Gasteiger partial charge in [-0.1, -0.05) is 25.1 Å². The Balaban J connectivity index is 1.39. The van der Waals surface area contributed by atoms with Crippen molar-refractivity contribution in [2.75, 3.05) is 33.9 Å². The van der Waals surface area contributed by atoms with Gasteiger partial charge < -0.3 is 29.5 Å². The number of hydrogen-bond donors (Lipinski definition) is 3. The number of hydrogen-bond acceptors (Lipinski definition) is 8. The van der Waals surface area contributed by atoms with Crippen LogP contribution in [-0.2, 0) is 14.2 Å². The molecule has 6 aliphatic rings. The summed E-state index contributed by atoms with van der Waals surface area (Å²) in [7, 11) is 3.38. The molecule has 38 heavy (non-hydrogen) atoms. The highest BCUT2D eigenvalue weighted by Gasteiger charge is 2.86. The molecule has 6 fully saturated rings. The largest absolute Gasteiger partial charge is 0.458 e. The van der Waals surface area contributed by atoms with Gasteiger partial charge in [0.1, 0.15) is 6.10 Å². The number of likely N-dealkylation sites (tertiary alicyclic amines) is 1. The lowest BCUT2D eigenvalue weighted by Gasteiger charge is -2.68. The number of carbonyl (C=O) groups is 1. The summed E-state index contributed by atoms with van der Waals surface area (Å²) in [6.07, 6.45) is 0.326. The van der Waals surface area contributed by atoms with Crippen molar-refractivity contribution in [3.8, 4) is 0 Å². The maximum Gasteiger partial charge on any atom is 0.338 e. The number of piperidine rings is 1. The van der Waals surface area contributed by atoms with Gasteiger partial charge in [0.25, 0.3) is 0 Å². The number of carbonyl (C=O) groups excluding carboxylic acids is 1. The maximum atomic E-state index is 13.3. The molecule has 5 aliphatic carbocycles. The van der Waals surface area contributed by atoms with E-state index in [9.17, 15) is 20.1 Å². The van der Waals surface area contributed by atoms with Gasteiger partial charge in [0.05, 0.1) is 36.1 Å². The molecule has 8 heteroatoms. The molecule has 1 aromatic rings. The normalized spacial score (nSPS) is 52.2. The zero-order chi connectivity index (χ0) is 26.6. The molecule has 1 aliphatic heterocycles. The van der Waals surface area contributed by atoms with E-state index < -0.39 is 41.2 Å². The molecule has 0 radical (unpaired) electrons. The third kappa shape index (κ3) is 2.84. The molecular weight excluding hydrogens is 486 g/mol. The average Bonchev–Trinajstić information content (AvgIpc) is 3.34. The van der Waals surface area contributed by atoms with Crippen LogP contribution in [0.2, 0.25) is 0 Å². The fraction of sp³-hybridized carbons (Fsp3) is 0.767. The van der Waals surface area contributed by atoms with E-state index in [1.165, 1.54) is 0 Å². The molecule has 7 rings (SSSR count). The molecule has 208 valence electrons. The van der Waals surface area contributed by atoms with Crippen molar-refractivity contribution < 1.29 is 34.3 Å². The number of rotatable bonds is 6. The van der Waals surface area contributed by atoms with Gasteiger partial charge in [-0.25, -0.2) is 4.79 Å². The minimum absolute atomic E-state index is 0.0736. The number of nitrogens with zero attached hydrogens (tertiary/aromatic N) is 1. The molecule has 5 saturated carbocycles. The zero-order valence-corrected chi connectivity index (χ0v) is 22.5. The Bertz CT molecular complexity index is 1100. The Morgan fingerprint density at radius 1 is 1.16 bits per heavy atom. The highest BCUT2D eigenvalue weighted by Crippen LogP contribution is 2.79. The molecule has 0 aromatic heterocycles. The van der Waals surface area contributed by atoms with Crippen LogP contribution in [0.25, 0.3) is 0 Å². The van der Waals surface area contributed by atoms with E-state index in [0.717, 1.165) is 19.5 Å². The van der Waals surface area contributed by atoms with Gasteiger partial charge in [-0.2, -0.15) is 0 Å². The lowest BCUT2D eigenvalue weighted by molar-refractivity contribution is -0.272. The van der Waals surface area contributed by atoms with Crippen LogP contribution in [0, 0.1) is 40.4 Å². The van der Waals surface area contributed by atoms with Crippen LogP contribution in [0.4, 0.5) is 0 Å². The average molecular weight is 528 g/mol. The van der Waals surface area contributed by atoms with Crippen LogP contribution in [0.1, 0.15) is 43.0 Å². The molecular formula is C30H41NO7. The predicted molar refractivity (Wildman–Crippen MR) is 137 cm³/mol. The first-order chi connectivity index (χ1) is 18.3. The van der Waals surface area contributed by atoms with E-state index in [-0.39, 0.29) is 41.2 Å². The fourth-order valence-electron chi connectivity index (χ4n) is 11.3. The van der Waals surface area contributed by atoms with Gasteiger partial charge in [-0.05, 0) is 43.9 Å². The SMILES string of the molecule is CCN1C[C@]2(COC)CC[C@H](O)[C@@]34[C@@H]5C[C@H]6[C@H](OC(=O)c7ccccc7)[C@@H]5[C@](O)(C[C@@H]6OC)C(C(O)[C@H]23)[C@@H]14. The summed E-state index contributed by atoms with van der Waals surface area (Å²) in [6, 6.07) is 8.85. The number of aliphatic hydroxyl groups is 3. The van der Waals surface area contributed by atoms with Crippen molar-refractivity contribution in [3.63, 3.8) is 0 Å². The molecule has 8 nitrogen and oxygen atoms in total. The van der Waals surface area contributed by atoms with E-state index in [1.807, 2.05) is 18.2 Å². The quantitative estimate of drug-likeness (QED) is 0.480. The van der Waals surface area contributed by atoms with Gasteiger partial charge in [0.2, 0.25) is 0 Å². The second kappa shape index (κ2) is 8.48. The van der Waals surface area contributed by atoms with Crippen LogP contribution >= 0.6 is 0 Å². The lowest BCUT2D eigenvalue weighted by Crippen LogP contribution is -2.76. The molecule has 1 heterocycles. The van der Waals surface area contributed by atoms with Crippen molar-refractivity contribution in [1.82, 2.24) is 4.90 Å². The predicted octanol–water partition coefficient (Wildman–Crippen LogP) is 1.71. The van der Waals surface area contributed by atoms with Crippen LogP contribution in [0.5, 0.6) is 0 Å². The molecule has 3 N–H and O–H groups in total. The van der Waals surface area contributed by atoms with E-state index in [1.54, 1.807) is 26.4 Å². The first kappa shape index (κ1) is 25.4. The maximum absolute atomic E-state index is 13.3.